The Kier molecular flexibility index (Phi) is 6.61. The van der Waals surface area contributed by atoms with Crippen molar-refractivity contribution in [3.8, 4) is 0 Å². The summed E-state index contributed by atoms with van der Waals surface area (Å²) in [5.41, 5.74) is 6.23. The van der Waals surface area contributed by atoms with E-state index in [4.69, 9.17) is 0 Å². The molecule has 28 heavy (non-hydrogen) atoms. The molecule has 3 rings (SSSR count). The molecule has 0 aliphatic heterocycles. The van der Waals surface area contributed by atoms with E-state index >= 15 is 0 Å². The Hall–Kier alpha value is -2.92. The number of allylic oxidation sites excluding steroid dienone is 2. The van der Waals surface area contributed by atoms with Crippen LogP contribution < -0.4 is 10.6 Å². The first-order chi connectivity index (χ1) is 13.5. The minimum Gasteiger partial charge on any atom is -0.359 e. The summed E-state index contributed by atoms with van der Waals surface area (Å²) in [5.74, 6) is 0.768. The highest BCUT2D eigenvalue weighted by Gasteiger charge is 2.03. The topological polar surface area (TPSA) is 49.8 Å². The fourth-order valence-corrected chi connectivity index (χ4v) is 3.06. The number of aromatic nitrogens is 2. The van der Waals surface area contributed by atoms with Gasteiger partial charge in [0, 0.05) is 40.5 Å². The predicted molar refractivity (Wildman–Crippen MR) is 120 cm³/mol. The third-order valence-electron chi connectivity index (χ3n) is 4.06. The number of halogens is 1. The lowest BCUT2D eigenvalue weighted by Gasteiger charge is -2.11. The Morgan fingerprint density at radius 1 is 0.929 bits per heavy atom. The molecule has 0 amide bonds. The lowest BCUT2D eigenvalue weighted by Crippen LogP contribution is -2.02. The van der Waals surface area contributed by atoms with Crippen LogP contribution in [0.1, 0.15) is 23.7 Å². The van der Waals surface area contributed by atoms with E-state index in [0.29, 0.717) is 0 Å². The van der Waals surface area contributed by atoms with E-state index in [2.05, 4.69) is 74.0 Å². The highest BCUT2D eigenvalue weighted by molar-refractivity contribution is 9.10. The highest BCUT2D eigenvalue weighted by Crippen LogP contribution is 2.18. The molecule has 1 heterocycles. The third kappa shape index (κ3) is 6.06. The number of hydrogen-bond acceptors (Lipinski definition) is 4. The van der Waals surface area contributed by atoms with E-state index in [-0.39, 0.29) is 0 Å². The smallest absolute Gasteiger partial charge is 0.133 e. The van der Waals surface area contributed by atoms with Gasteiger partial charge in [0.15, 0.2) is 0 Å². The van der Waals surface area contributed by atoms with E-state index in [1.807, 2.05) is 37.3 Å². The Morgan fingerprint density at radius 3 is 2.29 bits per heavy atom. The summed E-state index contributed by atoms with van der Waals surface area (Å²) in [7, 11) is 0. The number of nitrogens with one attached hydrogen (secondary N) is 2. The molecule has 0 spiro atoms. The van der Waals surface area contributed by atoms with Crippen molar-refractivity contribution in [1.82, 2.24) is 9.97 Å². The van der Waals surface area contributed by atoms with Gasteiger partial charge in [0.1, 0.15) is 12.1 Å². The van der Waals surface area contributed by atoms with Crippen molar-refractivity contribution in [3.05, 3.63) is 107 Å². The zero-order valence-corrected chi connectivity index (χ0v) is 17.5. The zero-order chi connectivity index (χ0) is 19.9. The summed E-state index contributed by atoms with van der Waals surface area (Å²) < 4.78 is 1.06. The molecule has 0 atom stereocenters. The molecule has 0 aliphatic rings. The molecule has 0 saturated carbocycles. The molecule has 2 aromatic carbocycles. The van der Waals surface area contributed by atoms with Crippen molar-refractivity contribution in [3.63, 3.8) is 0 Å². The third-order valence-corrected chi connectivity index (χ3v) is 4.58. The van der Waals surface area contributed by atoms with Gasteiger partial charge in [0.2, 0.25) is 0 Å². The van der Waals surface area contributed by atoms with Gasteiger partial charge in [-0.05, 0) is 42.3 Å². The molecule has 142 valence electrons. The maximum Gasteiger partial charge on any atom is 0.133 e. The van der Waals surface area contributed by atoms with Crippen molar-refractivity contribution in [2.75, 3.05) is 10.6 Å². The van der Waals surface area contributed by atoms with Gasteiger partial charge in [-0.1, -0.05) is 53.4 Å². The van der Waals surface area contributed by atoms with Crippen molar-refractivity contribution in [1.29, 1.82) is 0 Å². The first kappa shape index (κ1) is 19.8. The normalized spacial score (nSPS) is 10.4. The second-order valence-corrected chi connectivity index (χ2v) is 7.62. The molecule has 0 saturated heterocycles. The largest absolute Gasteiger partial charge is 0.359 e. The first-order valence-corrected chi connectivity index (χ1v) is 9.79. The molecule has 0 bridgehead atoms. The summed E-state index contributed by atoms with van der Waals surface area (Å²) in [6, 6.07) is 18.6. The van der Waals surface area contributed by atoms with Crippen LogP contribution in [0.4, 0.5) is 11.5 Å². The first-order valence-electron chi connectivity index (χ1n) is 8.99. The van der Waals surface area contributed by atoms with Gasteiger partial charge >= 0.3 is 0 Å². The maximum atomic E-state index is 4.36. The molecule has 2 N–H and O–H groups in total. The number of anilines is 2. The van der Waals surface area contributed by atoms with Crippen molar-refractivity contribution < 1.29 is 0 Å². The molecule has 1 aromatic heterocycles. The minimum atomic E-state index is 0.756. The van der Waals surface area contributed by atoms with Crippen LogP contribution in [-0.2, 0) is 12.8 Å². The van der Waals surface area contributed by atoms with Crippen LogP contribution in [0.5, 0.6) is 0 Å². The standard InChI is InChI=1S/C23H23BrN4/c1-16(2)27-23-14-22(25-15-26-23)13-19-6-4-18(5-7-19)12-17(3)28-21-10-8-20(24)9-11-21/h4-11,14-15,28H,1,3,12-13H2,2H3,(H,25,26,27). The monoisotopic (exact) mass is 434 g/mol. The zero-order valence-electron chi connectivity index (χ0n) is 15.9. The Morgan fingerprint density at radius 2 is 1.61 bits per heavy atom. The van der Waals surface area contributed by atoms with Gasteiger partial charge in [-0.3, -0.25) is 0 Å². The number of benzene rings is 2. The van der Waals surface area contributed by atoms with Gasteiger partial charge in [-0.25, -0.2) is 9.97 Å². The second kappa shape index (κ2) is 9.33. The summed E-state index contributed by atoms with van der Waals surface area (Å²) in [6.45, 7) is 9.88. The van der Waals surface area contributed by atoms with Gasteiger partial charge in [0.25, 0.3) is 0 Å². The van der Waals surface area contributed by atoms with E-state index < -0.39 is 0 Å². The summed E-state index contributed by atoms with van der Waals surface area (Å²) in [5, 5.41) is 6.47. The van der Waals surface area contributed by atoms with Crippen molar-refractivity contribution >= 4 is 27.4 Å². The van der Waals surface area contributed by atoms with Crippen LogP contribution >= 0.6 is 15.9 Å². The summed E-state index contributed by atoms with van der Waals surface area (Å²) >= 11 is 3.44. The predicted octanol–water partition coefficient (Wildman–Crippen LogP) is 5.94. The average Bonchev–Trinajstić information content (AvgIpc) is 2.65. The lowest BCUT2D eigenvalue weighted by atomic mass is 10.0. The lowest BCUT2D eigenvalue weighted by molar-refractivity contribution is 1.02. The van der Waals surface area contributed by atoms with Crippen LogP contribution in [0.25, 0.3) is 0 Å². The number of nitrogens with zero attached hydrogens (tertiary/aromatic N) is 2. The Bertz CT molecular complexity index is 963. The molecule has 3 aromatic rings. The van der Waals surface area contributed by atoms with Crippen LogP contribution in [0.15, 0.2) is 89.9 Å². The fourth-order valence-electron chi connectivity index (χ4n) is 2.79. The highest BCUT2D eigenvalue weighted by atomic mass is 79.9. The quantitative estimate of drug-likeness (QED) is 0.460. The van der Waals surface area contributed by atoms with E-state index in [1.54, 1.807) is 6.33 Å². The van der Waals surface area contributed by atoms with Crippen LogP contribution in [0.3, 0.4) is 0 Å². The maximum absolute atomic E-state index is 4.36. The minimum absolute atomic E-state index is 0.756. The number of hydrogen-bond donors (Lipinski definition) is 2. The second-order valence-electron chi connectivity index (χ2n) is 6.71. The Labute approximate surface area is 174 Å². The molecular formula is C23H23BrN4. The average molecular weight is 435 g/mol. The van der Waals surface area contributed by atoms with E-state index in [1.165, 1.54) is 11.1 Å². The fraction of sp³-hybridized carbons (Fsp3) is 0.130. The van der Waals surface area contributed by atoms with Gasteiger partial charge in [0.05, 0.1) is 5.69 Å². The summed E-state index contributed by atoms with van der Waals surface area (Å²) in [6.07, 6.45) is 3.11. The molecule has 0 radical (unpaired) electrons. The van der Waals surface area contributed by atoms with Gasteiger partial charge in [-0.15, -0.1) is 0 Å². The van der Waals surface area contributed by atoms with Crippen molar-refractivity contribution in [2.24, 2.45) is 0 Å². The molecular weight excluding hydrogens is 412 g/mol. The molecule has 0 fully saturated rings. The summed E-state index contributed by atoms with van der Waals surface area (Å²) in [4.78, 5) is 8.56. The van der Waals surface area contributed by atoms with Gasteiger partial charge in [-0.2, -0.15) is 0 Å². The molecule has 4 nitrogen and oxygen atoms in total. The van der Waals surface area contributed by atoms with Crippen LogP contribution in [0.2, 0.25) is 0 Å². The molecule has 0 aliphatic carbocycles. The Balaban J connectivity index is 1.58. The van der Waals surface area contributed by atoms with Gasteiger partial charge < -0.3 is 10.6 Å². The number of rotatable bonds is 8. The molecule has 0 unspecified atom stereocenters. The SMILES string of the molecule is C=C(C)Nc1cc(Cc2ccc(CC(=C)Nc3ccc(Br)cc3)cc2)ncn1. The van der Waals surface area contributed by atoms with Crippen LogP contribution in [-0.4, -0.2) is 9.97 Å². The van der Waals surface area contributed by atoms with E-state index in [0.717, 1.165) is 45.9 Å². The van der Waals surface area contributed by atoms with Crippen LogP contribution in [0, 0.1) is 0 Å². The van der Waals surface area contributed by atoms with Crippen molar-refractivity contribution in [2.45, 2.75) is 19.8 Å². The van der Waals surface area contributed by atoms with E-state index in [9.17, 15) is 0 Å². The molecule has 5 heteroatoms.